The molecule has 1 aromatic rings. The van der Waals surface area contributed by atoms with Crippen LogP contribution in [-0.4, -0.2) is 28.5 Å². The Kier molecular flexibility index (Phi) is 5.94. The highest BCUT2D eigenvalue weighted by Gasteiger charge is 2.08. The average molecular weight is 292 g/mol. The van der Waals surface area contributed by atoms with Gasteiger partial charge in [-0.25, -0.2) is 4.39 Å². The Hall–Kier alpha value is -1.27. The average Bonchev–Trinajstić information content (AvgIpc) is 2.28. The van der Waals surface area contributed by atoms with Crippen LogP contribution in [0.3, 0.4) is 0 Å². The predicted octanol–water partition coefficient (Wildman–Crippen LogP) is 2.63. The molecule has 0 saturated carbocycles. The monoisotopic (exact) mass is 291 g/mol. The largest absolute Gasteiger partial charge is 0.481 e. The second kappa shape index (κ2) is 7.23. The standard InChI is InChI=1S/C11H11ClFNO3S/c12-7-1-2-9(8(13)5-7)14-10(15)6-18-4-3-11(16)17/h1-2,5H,3-4,6H2,(H,14,15)(H,16,17). The molecule has 98 valence electrons. The molecule has 2 N–H and O–H groups in total. The zero-order valence-corrected chi connectivity index (χ0v) is 10.9. The van der Waals surface area contributed by atoms with Crippen molar-refractivity contribution >= 4 is 40.9 Å². The molecule has 4 nitrogen and oxygen atoms in total. The second-order valence-corrected chi connectivity index (χ2v) is 4.91. The van der Waals surface area contributed by atoms with Crippen LogP contribution < -0.4 is 5.32 Å². The first kappa shape index (κ1) is 14.8. The van der Waals surface area contributed by atoms with E-state index in [2.05, 4.69) is 5.32 Å². The fraction of sp³-hybridized carbons (Fsp3) is 0.273. The highest BCUT2D eigenvalue weighted by Crippen LogP contribution is 2.19. The molecule has 0 heterocycles. The molecule has 0 aliphatic rings. The Bertz CT molecular complexity index is 456. The van der Waals surface area contributed by atoms with Gasteiger partial charge in [0.05, 0.1) is 17.9 Å². The highest BCUT2D eigenvalue weighted by atomic mass is 35.5. The third-order valence-electron chi connectivity index (χ3n) is 1.90. The minimum absolute atomic E-state index is 0.00669. The molecule has 0 radical (unpaired) electrons. The molecule has 1 aromatic carbocycles. The molecule has 0 aliphatic heterocycles. The number of nitrogens with one attached hydrogen (secondary N) is 1. The molecule has 0 saturated heterocycles. The quantitative estimate of drug-likeness (QED) is 0.791. The minimum atomic E-state index is -0.911. The third kappa shape index (κ3) is 5.37. The maximum absolute atomic E-state index is 13.3. The van der Waals surface area contributed by atoms with Crippen molar-refractivity contribution < 1.29 is 19.1 Å². The van der Waals surface area contributed by atoms with Crippen molar-refractivity contribution in [1.82, 2.24) is 0 Å². The summed E-state index contributed by atoms with van der Waals surface area (Å²) in [5, 5.41) is 11.0. The fourth-order valence-electron chi connectivity index (χ4n) is 1.10. The summed E-state index contributed by atoms with van der Waals surface area (Å²) in [5.74, 6) is -1.48. The van der Waals surface area contributed by atoms with Gasteiger partial charge in [0.1, 0.15) is 5.82 Å². The van der Waals surface area contributed by atoms with Crippen molar-refractivity contribution in [3.63, 3.8) is 0 Å². The Morgan fingerprint density at radius 1 is 1.44 bits per heavy atom. The van der Waals surface area contributed by atoms with Gasteiger partial charge < -0.3 is 10.4 Å². The van der Waals surface area contributed by atoms with Gasteiger partial charge in [-0.3, -0.25) is 9.59 Å². The molecule has 7 heteroatoms. The number of benzene rings is 1. The zero-order valence-electron chi connectivity index (χ0n) is 9.28. The van der Waals surface area contributed by atoms with Gasteiger partial charge in [-0.15, -0.1) is 0 Å². The SMILES string of the molecule is O=C(O)CCSCC(=O)Nc1ccc(Cl)cc1F. The van der Waals surface area contributed by atoms with E-state index in [1.54, 1.807) is 0 Å². The van der Waals surface area contributed by atoms with Crippen molar-refractivity contribution in [2.75, 3.05) is 16.8 Å². The van der Waals surface area contributed by atoms with E-state index in [4.69, 9.17) is 16.7 Å². The number of carboxylic acid groups (broad SMARTS) is 1. The molecular weight excluding hydrogens is 281 g/mol. The van der Waals surface area contributed by atoms with Gasteiger partial charge in [-0.2, -0.15) is 11.8 Å². The number of carbonyl (C=O) groups excluding carboxylic acids is 1. The summed E-state index contributed by atoms with van der Waals surface area (Å²) in [6.45, 7) is 0. The molecule has 0 spiro atoms. The fourth-order valence-corrected chi connectivity index (χ4v) is 1.98. The number of hydrogen-bond acceptors (Lipinski definition) is 3. The lowest BCUT2D eigenvalue weighted by Crippen LogP contribution is -2.15. The summed E-state index contributed by atoms with van der Waals surface area (Å²) in [6.07, 6.45) is -0.00669. The van der Waals surface area contributed by atoms with E-state index >= 15 is 0 Å². The van der Waals surface area contributed by atoms with E-state index in [9.17, 15) is 14.0 Å². The van der Waals surface area contributed by atoms with Crippen LogP contribution in [0.25, 0.3) is 0 Å². The lowest BCUT2D eigenvalue weighted by Gasteiger charge is -2.06. The number of aliphatic carboxylic acids is 1. The van der Waals surface area contributed by atoms with Crippen LogP contribution in [0.1, 0.15) is 6.42 Å². The van der Waals surface area contributed by atoms with Crippen LogP contribution in [0.5, 0.6) is 0 Å². The first-order valence-electron chi connectivity index (χ1n) is 5.03. The van der Waals surface area contributed by atoms with Crippen LogP contribution in [-0.2, 0) is 9.59 Å². The number of carbonyl (C=O) groups is 2. The van der Waals surface area contributed by atoms with Gasteiger partial charge in [-0.05, 0) is 18.2 Å². The Morgan fingerprint density at radius 2 is 2.17 bits per heavy atom. The van der Waals surface area contributed by atoms with Gasteiger partial charge in [0.2, 0.25) is 5.91 Å². The molecule has 18 heavy (non-hydrogen) atoms. The number of carboxylic acids is 1. The van der Waals surface area contributed by atoms with Crippen LogP contribution >= 0.6 is 23.4 Å². The van der Waals surface area contributed by atoms with Gasteiger partial charge in [0, 0.05) is 10.8 Å². The van der Waals surface area contributed by atoms with Crippen molar-refractivity contribution in [2.24, 2.45) is 0 Å². The first-order chi connectivity index (χ1) is 8.49. The summed E-state index contributed by atoms with van der Waals surface area (Å²) in [6, 6.07) is 3.95. The minimum Gasteiger partial charge on any atom is -0.481 e. The smallest absolute Gasteiger partial charge is 0.304 e. The first-order valence-corrected chi connectivity index (χ1v) is 6.56. The van der Waals surface area contributed by atoms with Crippen molar-refractivity contribution in [3.05, 3.63) is 29.0 Å². The lowest BCUT2D eigenvalue weighted by atomic mass is 10.3. The van der Waals surface area contributed by atoms with Crippen molar-refractivity contribution in [3.8, 4) is 0 Å². The summed E-state index contributed by atoms with van der Waals surface area (Å²) >= 11 is 6.75. The van der Waals surface area contributed by atoms with Crippen LogP contribution in [0.4, 0.5) is 10.1 Å². The van der Waals surface area contributed by atoms with Gasteiger partial charge in [0.25, 0.3) is 0 Å². The van der Waals surface area contributed by atoms with E-state index in [0.29, 0.717) is 5.75 Å². The number of rotatable bonds is 6. The number of halogens is 2. The molecular formula is C11H11ClFNO3S. The van der Waals surface area contributed by atoms with Crippen molar-refractivity contribution in [2.45, 2.75) is 6.42 Å². The lowest BCUT2D eigenvalue weighted by molar-refractivity contribution is -0.136. The van der Waals surface area contributed by atoms with E-state index in [-0.39, 0.29) is 28.8 Å². The molecule has 1 amide bonds. The molecule has 1 rings (SSSR count). The van der Waals surface area contributed by atoms with Crippen LogP contribution in [0, 0.1) is 5.82 Å². The molecule has 0 aliphatic carbocycles. The molecule has 0 bridgehead atoms. The van der Waals surface area contributed by atoms with E-state index in [0.717, 1.165) is 6.07 Å². The Balaban J connectivity index is 2.38. The van der Waals surface area contributed by atoms with Gasteiger partial charge in [-0.1, -0.05) is 11.6 Å². The Morgan fingerprint density at radius 3 is 2.78 bits per heavy atom. The number of hydrogen-bond donors (Lipinski definition) is 2. The van der Waals surface area contributed by atoms with E-state index in [1.165, 1.54) is 23.9 Å². The summed E-state index contributed by atoms with van der Waals surface area (Å²) in [5.41, 5.74) is 0.0586. The molecule has 0 aromatic heterocycles. The number of amides is 1. The molecule has 0 atom stereocenters. The summed E-state index contributed by atoms with van der Waals surface area (Å²) in [7, 11) is 0. The highest BCUT2D eigenvalue weighted by molar-refractivity contribution is 7.99. The predicted molar refractivity (Wildman–Crippen MR) is 69.6 cm³/mol. The van der Waals surface area contributed by atoms with E-state index in [1.807, 2.05) is 0 Å². The van der Waals surface area contributed by atoms with Crippen LogP contribution in [0.2, 0.25) is 5.02 Å². The topological polar surface area (TPSA) is 66.4 Å². The van der Waals surface area contributed by atoms with Gasteiger partial charge in [0.15, 0.2) is 0 Å². The molecule has 0 unspecified atom stereocenters. The van der Waals surface area contributed by atoms with Crippen molar-refractivity contribution in [1.29, 1.82) is 0 Å². The normalized spacial score (nSPS) is 10.1. The summed E-state index contributed by atoms with van der Waals surface area (Å²) < 4.78 is 13.3. The maximum Gasteiger partial charge on any atom is 0.304 e. The Labute approximate surface area is 113 Å². The van der Waals surface area contributed by atoms with E-state index < -0.39 is 11.8 Å². The number of thioether (sulfide) groups is 1. The molecule has 0 fully saturated rings. The zero-order chi connectivity index (χ0) is 13.5. The summed E-state index contributed by atoms with van der Waals surface area (Å²) in [4.78, 5) is 21.7. The maximum atomic E-state index is 13.3. The second-order valence-electron chi connectivity index (χ2n) is 3.37. The van der Waals surface area contributed by atoms with Gasteiger partial charge >= 0.3 is 5.97 Å². The number of anilines is 1. The third-order valence-corrected chi connectivity index (χ3v) is 3.09. The van der Waals surface area contributed by atoms with Crippen LogP contribution in [0.15, 0.2) is 18.2 Å².